The van der Waals surface area contributed by atoms with Crippen LogP contribution in [0, 0.1) is 17.8 Å². The van der Waals surface area contributed by atoms with Gasteiger partial charge in [-0.05, 0) is 112 Å². The first-order valence-electron chi connectivity index (χ1n) is 26.0. The van der Waals surface area contributed by atoms with Crippen LogP contribution < -0.4 is 20.5 Å². The van der Waals surface area contributed by atoms with Crippen molar-refractivity contribution >= 4 is 32.0 Å². The summed E-state index contributed by atoms with van der Waals surface area (Å²) in [4.78, 5) is 57.9. The molecule has 0 aliphatic carbocycles. The number of hydrogen-bond acceptors (Lipinski definition) is 9. The van der Waals surface area contributed by atoms with E-state index in [0.29, 0.717) is 44.4 Å². The number of nitrogens with one attached hydrogen (secondary N) is 3. The minimum Gasteiger partial charge on any atom is -0.543 e. The van der Waals surface area contributed by atoms with E-state index in [0.717, 1.165) is 43.2 Å². The Kier molecular flexibility index (Phi) is 19.1. The van der Waals surface area contributed by atoms with Gasteiger partial charge in [-0.1, -0.05) is 133 Å². The second kappa shape index (κ2) is 24.5. The number of esters is 1. The fourth-order valence-electron chi connectivity index (χ4n) is 9.47. The highest BCUT2D eigenvalue weighted by Crippen LogP contribution is 2.44. The summed E-state index contributed by atoms with van der Waals surface area (Å²) in [6.45, 7) is 20.9. The van der Waals surface area contributed by atoms with E-state index in [9.17, 15) is 19.2 Å². The van der Waals surface area contributed by atoms with Crippen LogP contribution in [0.5, 0.6) is 5.75 Å². The summed E-state index contributed by atoms with van der Waals surface area (Å²) in [6.07, 6.45) is 20.8. The third kappa shape index (κ3) is 14.9. The van der Waals surface area contributed by atoms with Gasteiger partial charge in [-0.2, -0.15) is 0 Å². The Labute approximate surface area is 419 Å². The molecule has 0 aromatic heterocycles. The van der Waals surface area contributed by atoms with Crippen LogP contribution in [0.4, 0.5) is 0 Å². The van der Waals surface area contributed by atoms with Crippen molar-refractivity contribution in [1.29, 1.82) is 0 Å². The fourth-order valence-corrected chi connectivity index (χ4v) is 10.5. The second-order valence-electron chi connectivity index (χ2n) is 22.0. The lowest BCUT2D eigenvalue weighted by Gasteiger charge is -2.51. The van der Waals surface area contributed by atoms with Crippen LogP contribution in [-0.4, -0.2) is 85.8 Å². The maximum absolute atomic E-state index is 14.8. The monoisotopic (exact) mass is 979 g/mol. The summed E-state index contributed by atoms with van der Waals surface area (Å²) < 4.78 is 26.0. The number of aryl methyl sites for hydroxylation is 1. The molecule has 6 rings (SSSR count). The van der Waals surface area contributed by atoms with E-state index in [1.54, 1.807) is 0 Å². The van der Waals surface area contributed by atoms with Gasteiger partial charge < -0.3 is 29.3 Å². The quantitative estimate of drug-likeness (QED) is 0.0773. The zero-order chi connectivity index (χ0) is 50.6. The molecule has 4 aliphatic heterocycles. The molecule has 4 aliphatic rings. The molecule has 3 amide bonds. The van der Waals surface area contributed by atoms with Crippen LogP contribution in [0.25, 0.3) is 0 Å². The topological polar surface area (TPSA) is 145 Å². The van der Waals surface area contributed by atoms with E-state index >= 15 is 0 Å². The van der Waals surface area contributed by atoms with Gasteiger partial charge in [0.05, 0.1) is 18.1 Å². The predicted molar refractivity (Wildman–Crippen MR) is 279 cm³/mol. The van der Waals surface area contributed by atoms with Crippen molar-refractivity contribution in [3.63, 3.8) is 0 Å². The van der Waals surface area contributed by atoms with Crippen LogP contribution in [0.1, 0.15) is 124 Å². The summed E-state index contributed by atoms with van der Waals surface area (Å²) in [5.41, 5.74) is 6.26. The highest BCUT2D eigenvalue weighted by atomic mass is 28.4. The van der Waals surface area contributed by atoms with E-state index in [4.69, 9.17) is 18.6 Å². The number of carbonyl (C=O) groups excluding carboxylic acids is 4. The third-order valence-electron chi connectivity index (χ3n) is 14.9. The smallest absolute Gasteiger partial charge is 0.325 e. The van der Waals surface area contributed by atoms with Gasteiger partial charge in [0.25, 0.3) is 5.91 Å². The number of carbonyl (C=O) groups is 4. The van der Waals surface area contributed by atoms with Crippen molar-refractivity contribution in [3.8, 4) is 5.75 Å². The lowest BCUT2D eigenvalue weighted by atomic mass is 9.79. The molecule has 0 unspecified atom stereocenters. The van der Waals surface area contributed by atoms with Gasteiger partial charge in [0.15, 0.2) is 5.79 Å². The normalized spacial score (nSPS) is 29.7. The number of fused-ring (bicyclic) bond motifs is 4. The van der Waals surface area contributed by atoms with Gasteiger partial charge in [-0.3, -0.25) is 24.2 Å². The Hall–Kier alpha value is -4.82. The molecule has 0 saturated carbocycles. The molecular weight excluding hydrogens is 897 g/mol. The largest absolute Gasteiger partial charge is 0.543 e. The summed E-state index contributed by atoms with van der Waals surface area (Å²) in [5, 5.41) is 7.57. The van der Waals surface area contributed by atoms with Crippen LogP contribution in [0.2, 0.25) is 18.1 Å². The van der Waals surface area contributed by atoms with Gasteiger partial charge in [0.2, 0.25) is 20.1 Å². The molecule has 12 nitrogen and oxygen atoms in total. The average molecular weight is 979 g/mol. The summed E-state index contributed by atoms with van der Waals surface area (Å²) in [5.74, 6) is -2.74. The number of benzene rings is 2. The molecule has 2 aromatic carbocycles. The average Bonchev–Trinajstić information content (AvgIpc) is 3.31. The number of ether oxygens (including phenoxy) is 3. The first kappa shape index (κ1) is 54.5. The Morgan fingerprint density at radius 2 is 1.70 bits per heavy atom. The van der Waals surface area contributed by atoms with Gasteiger partial charge in [-0.25, -0.2) is 5.43 Å². The first-order valence-corrected chi connectivity index (χ1v) is 28.9. The Bertz CT molecular complexity index is 2220. The van der Waals surface area contributed by atoms with Crippen LogP contribution in [0.3, 0.4) is 0 Å². The number of cyclic esters (lactones) is 1. The first-order chi connectivity index (χ1) is 33.2. The van der Waals surface area contributed by atoms with Crippen molar-refractivity contribution in [2.45, 2.75) is 186 Å². The zero-order valence-corrected chi connectivity index (χ0v) is 44.6. The molecule has 4 heterocycles. The highest BCUT2D eigenvalue weighted by molar-refractivity contribution is 6.74. The van der Waals surface area contributed by atoms with Crippen molar-refractivity contribution in [2.75, 3.05) is 6.54 Å². The summed E-state index contributed by atoms with van der Waals surface area (Å²) in [7, 11) is -2.20. The number of amides is 3. The molecular formula is C57H82N4O8Si. The maximum atomic E-state index is 14.8. The van der Waals surface area contributed by atoms with Crippen molar-refractivity contribution in [2.24, 2.45) is 17.8 Å². The molecule has 0 spiro atoms. The minimum atomic E-state index is -2.20. The SMILES string of the molecule is C/C(=C\C=C/CCCCCc1ccccc1)[C@H]1C/C=C/C=C/[C@@H]2O[C@@]3(C)CC[C@@H](C(=O)N[C@H](C(C)C)C(=O)N[C@@H](Cc4cccc(O[Si](C)(C)C(C)(C)C)c4)C(=O)N4CCC[C@H](N4)C(=O)O1)[C@H](O3)[C@H]2C. The molecule has 70 heavy (non-hydrogen) atoms. The van der Waals surface area contributed by atoms with E-state index < -0.39 is 68.1 Å². The van der Waals surface area contributed by atoms with E-state index in [1.165, 1.54) is 10.6 Å². The number of allylic oxidation sites excluding steroid dienone is 5. The maximum Gasteiger partial charge on any atom is 0.325 e. The Morgan fingerprint density at radius 3 is 2.44 bits per heavy atom. The van der Waals surface area contributed by atoms with Crippen molar-refractivity contribution in [1.82, 2.24) is 21.1 Å². The van der Waals surface area contributed by atoms with E-state index in [2.05, 4.69) is 86.3 Å². The number of hydrazine groups is 1. The van der Waals surface area contributed by atoms with Crippen LogP contribution in [-0.2, 0) is 46.2 Å². The second-order valence-corrected chi connectivity index (χ2v) is 26.7. The highest BCUT2D eigenvalue weighted by Gasteiger charge is 2.52. The summed E-state index contributed by atoms with van der Waals surface area (Å²) in [6, 6.07) is 15.5. The Balaban J connectivity index is 1.26. The molecule has 0 radical (unpaired) electrons. The lowest BCUT2D eigenvalue weighted by Crippen LogP contribution is -2.63. The van der Waals surface area contributed by atoms with Gasteiger partial charge in [0, 0.05) is 31.7 Å². The minimum absolute atomic E-state index is 0.0323. The van der Waals surface area contributed by atoms with Gasteiger partial charge in [0.1, 0.15) is 30.0 Å². The zero-order valence-electron chi connectivity index (χ0n) is 43.6. The number of nitrogens with zero attached hydrogens (tertiary/aromatic N) is 1. The van der Waals surface area contributed by atoms with Crippen molar-refractivity contribution in [3.05, 3.63) is 114 Å². The molecule has 5 bridgehead atoms. The third-order valence-corrected chi connectivity index (χ3v) is 19.3. The fraction of sp³-hybridized carbons (Fsp3) is 0.579. The standard InChI is InChI=1S/C57H82N4O8Si/c1-39(2)50-53(63)58-47(38-43-29-23-30-44(37-43)69-70(9,10)56(5,6)7)54(64)61-36-24-31-46(60-61)55(65)66-48(40(3)25-17-13-11-12-14-18-26-42-27-19-15-20-28-42)32-21-16-22-33-49-41(4)51-45(52(62)59-50)34-35-57(8,67-49)68-51/h13,15-17,19-23,25,27-30,33,37,39,41,45-51,60H,11-12,14,18,24,26,31-32,34-36,38H2,1-10H3,(H,58,63)(H,59,62)/b17-13-,21-16+,33-22+,40-25+/t41-,45+,46-,47-,48+,49-,50+,51+,57+/m0/s1. The molecule has 2 aromatic rings. The van der Waals surface area contributed by atoms with Crippen LogP contribution >= 0.6 is 0 Å². The molecule has 3 saturated heterocycles. The lowest BCUT2D eigenvalue weighted by molar-refractivity contribution is -0.344. The van der Waals surface area contributed by atoms with E-state index in [-0.39, 0.29) is 35.3 Å². The number of hydrogen-bond donors (Lipinski definition) is 3. The molecule has 382 valence electrons. The molecule has 9 atom stereocenters. The molecule has 3 N–H and O–H groups in total. The van der Waals surface area contributed by atoms with Gasteiger partial charge >= 0.3 is 5.97 Å². The summed E-state index contributed by atoms with van der Waals surface area (Å²) >= 11 is 0. The number of unbranched alkanes of at least 4 members (excludes halogenated alkanes) is 3. The van der Waals surface area contributed by atoms with E-state index in [1.807, 2.05) is 95.3 Å². The molecule has 3 fully saturated rings. The predicted octanol–water partition coefficient (Wildman–Crippen LogP) is 10.0. The van der Waals surface area contributed by atoms with Crippen LogP contribution in [0.15, 0.2) is 103 Å². The Morgan fingerprint density at radius 1 is 0.943 bits per heavy atom. The van der Waals surface area contributed by atoms with Gasteiger partial charge in [-0.15, -0.1) is 0 Å². The number of rotatable bonds is 13. The van der Waals surface area contributed by atoms with Crippen molar-refractivity contribution < 1.29 is 37.8 Å². The molecule has 13 heteroatoms.